The SMILES string of the molecule is Cc1nc2c(c(C)nn2C)c(C)c1CCC(=O)N[C@H](C)[C@@H]1C[C@H]2CC[C@H]1C2. The van der Waals surface area contributed by atoms with Crippen molar-refractivity contribution in [2.45, 2.75) is 72.3 Å². The summed E-state index contributed by atoms with van der Waals surface area (Å²) in [4.78, 5) is 17.4. The first-order chi connectivity index (χ1) is 12.8. The zero-order chi connectivity index (χ0) is 19.3. The maximum Gasteiger partial charge on any atom is 0.220 e. The summed E-state index contributed by atoms with van der Waals surface area (Å²) in [5.41, 5.74) is 5.36. The standard InChI is InChI=1S/C22H32N4O/c1-12-18(13(2)24-22-21(12)15(4)25-26(22)5)8-9-20(27)23-14(3)19-11-16-6-7-17(19)10-16/h14,16-17,19H,6-11H2,1-5H3,(H,23,27)/t14-,16+,17+,19+/m1/s1. The monoisotopic (exact) mass is 368 g/mol. The second-order valence-corrected chi connectivity index (χ2v) is 8.90. The molecule has 146 valence electrons. The maximum absolute atomic E-state index is 12.6. The number of hydrogen-bond donors (Lipinski definition) is 1. The Kier molecular flexibility index (Phi) is 4.73. The van der Waals surface area contributed by atoms with E-state index in [2.05, 4.69) is 24.3 Å². The van der Waals surface area contributed by atoms with Crippen LogP contribution in [0.15, 0.2) is 0 Å². The highest BCUT2D eigenvalue weighted by molar-refractivity contribution is 5.84. The lowest BCUT2D eigenvalue weighted by molar-refractivity contribution is -0.122. The summed E-state index contributed by atoms with van der Waals surface area (Å²) < 4.78 is 1.85. The average molecular weight is 369 g/mol. The van der Waals surface area contributed by atoms with Gasteiger partial charge in [-0.1, -0.05) is 6.42 Å². The first-order valence-corrected chi connectivity index (χ1v) is 10.4. The predicted octanol–water partition coefficient (Wildman–Crippen LogP) is 3.77. The molecule has 2 aliphatic carbocycles. The summed E-state index contributed by atoms with van der Waals surface area (Å²) in [7, 11) is 1.94. The van der Waals surface area contributed by atoms with Crippen LogP contribution in [0.3, 0.4) is 0 Å². The Balaban J connectivity index is 1.42. The molecular formula is C22H32N4O. The van der Waals surface area contributed by atoms with Gasteiger partial charge in [0.15, 0.2) is 5.65 Å². The van der Waals surface area contributed by atoms with E-state index in [0.29, 0.717) is 18.4 Å². The molecule has 0 unspecified atom stereocenters. The van der Waals surface area contributed by atoms with Crippen LogP contribution in [0.1, 0.15) is 61.5 Å². The van der Waals surface area contributed by atoms with Crippen molar-refractivity contribution in [2.24, 2.45) is 24.8 Å². The molecule has 5 heteroatoms. The van der Waals surface area contributed by atoms with Crippen LogP contribution < -0.4 is 5.32 Å². The van der Waals surface area contributed by atoms with Gasteiger partial charge in [-0.3, -0.25) is 9.48 Å². The Morgan fingerprint density at radius 1 is 1.22 bits per heavy atom. The number of fused-ring (bicyclic) bond motifs is 3. The Labute approximate surface area is 161 Å². The second kappa shape index (κ2) is 6.92. The fourth-order valence-electron chi connectivity index (χ4n) is 5.81. The molecule has 0 saturated heterocycles. The van der Waals surface area contributed by atoms with Crippen LogP contribution in [0.5, 0.6) is 0 Å². The molecule has 0 aromatic carbocycles. The van der Waals surface area contributed by atoms with Gasteiger partial charge in [-0.2, -0.15) is 5.10 Å². The van der Waals surface area contributed by atoms with E-state index in [4.69, 9.17) is 4.98 Å². The first kappa shape index (κ1) is 18.5. The van der Waals surface area contributed by atoms with Gasteiger partial charge in [-0.15, -0.1) is 0 Å². The first-order valence-electron chi connectivity index (χ1n) is 10.4. The molecule has 4 atom stereocenters. The number of carbonyl (C=O) groups excluding carboxylic acids is 1. The summed E-state index contributed by atoms with van der Waals surface area (Å²) in [6.45, 7) is 8.41. The average Bonchev–Trinajstić information content (AvgIpc) is 3.30. The van der Waals surface area contributed by atoms with E-state index in [-0.39, 0.29) is 5.91 Å². The summed E-state index contributed by atoms with van der Waals surface area (Å²) in [6.07, 6.45) is 6.74. The minimum Gasteiger partial charge on any atom is -0.353 e. The molecule has 0 aliphatic heterocycles. The van der Waals surface area contributed by atoms with E-state index in [1.807, 2.05) is 25.6 Å². The molecule has 0 radical (unpaired) electrons. The van der Waals surface area contributed by atoms with Crippen molar-refractivity contribution < 1.29 is 4.79 Å². The van der Waals surface area contributed by atoms with Gasteiger partial charge in [0.2, 0.25) is 5.91 Å². The quantitative estimate of drug-likeness (QED) is 0.874. The fourth-order valence-corrected chi connectivity index (χ4v) is 5.81. The Bertz CT molecular complexity index is 884. The molecule has 0 spiro atoms. The molecule has 2 bridgehead atoms. The molecule has 2 saturated carbocycles. The van der Waals surface area contributed by atoms with Crippen LogP contribution in [-0.2, 0) is 18.3 Å². The number of hydrogen-bond acceptors (Lipinski definition) is 3. The molecule has 2 aliphatic rings. The highest BCUT2D eigenvalue weighted by Crippen LogP contribution is 2.49. The summed E-state index contributed by atoms with van der Waals surface area (Å²) >= 11 is 0. The van der Waals surface area contributed by atoms with E-state index in [1.165, 1.54) is 36.8 Å². The van der Waals surface area contributed by atoms with Crippen LogP contribution in [0.25, 0.3) is 11.0 Å². The lowest BCUT2D eigenvalue weighted by atomic mass is 9.84. The van der Waals surface area contributed by atoms with Crippen molar-refractivity contribution in [3.05, 3.63) is 22.5 Å². The minimum atomic E-state index is 0.173. The third-order valence-electron chi connectivity index (χ3n) is 7.16. The van der Waals surface area contributed by atoms with Gasteiger partial charge in [-0.05, 0) is 82.3 Å². The third kappa shape index (κ3) is 3.26. The van der Waals surface area contributed by atoms with E-state index in [9.17, 15) is 4.79 Å². The number of nitrogens with zero attached hydrogens (tertiary/aromatic N) is 3. The highest BCUT2D eigenvalue weighted by Gasteiger charge is 2.42. The van der Waals surface area contributed by atoms with Crippen LogP contribution >= 0.6 is 0 Å². The Morgan fingerprint density at radius 2 is 2.00 bits per heavy atom. The minimum absolute atomic E-state index is 0.173. The van der Waals surface area contributed by atoms with Crippen LogP contribution in [0.2, 0.25) is 0 Å². The number of nitrogens with one attached hydrogen (secondary N) is 1. The van der Waals surface area contributed by atoms with Crippen molar-refractivity contribution in [2.75, 3.05) is 0 Å². The molecule has 4 rings (SSSR count). The zero-order valence-corrected chi connectivity index (χ0v) is 17.3. The fraction of sp³-hybridized carbons (Fsp3) is 0.682. The highest BCUT2D eigenvalue weighted by atomic mass is 16.1. The van der Waals surface area contributed by atoms with Crippen molar-refractivity contribution >= 4 is 16.9 Å². The van der Waals surface area contributed by atoms with Crippen LogP contribution in [-0.4, -0.2) is 26.7 Å². The van der Waals surface area contributed by atoms with Gasteiger partial charge < -0.3 is 5.32 Å². The number of amides is 1. The molecule has 5 nitrogen and oxygen atoms in total. The largest absolute Gasteiger partial charge is 0.353 e. The van der Waals surface area contributed by atoms with Crippen molar-refractivity contribution in [1.82, 2.24) is 20.1 Å². The molecule has 1 N–H and O–H groups in total. The van der Waals surface area contributed by atoms with E-state index < -0.39 is 0 Å². The summed E-state index contributed by atoms with van der Waals surface area (Å²) in [5.74, 6) is 2.62. The second-order valence-electron chi connectivity index (χ2n) is 8.90. The summed E-state index contributed by atoms with van der Waals surface area (Å²) in [6, 6.07) is 0.302. The Hall–Kier alpha value is -1.91. The number of pyridine rings is 1. The molecule has 27 heavy (non-hydrogen) atoms. The molecule has 2 fully saturated rings. The molecular weight excluding hydrogens is 336 g/mol. The maximum atomic E-state index is 12.6. The summed E-state index contributed by atoms with van der Waals surface area (Å²) in [5, 5.41) is 8.93. The van der Waals surface area contributed by atoms with Gasteiger partial charge in [0.05, 0.1) is 5.69 Å². The lowest BCUT2D eigenvalue weighted by Gasteiger charge is -2.28. The smallest absolute Gasteiger partial charge is 0.220 e. The van der Waals surface area contributed by atoms with E-state index >= 15 is 0 Å². The molecule has 2 heterocycles. The number of aryl methyl sites for hydroxylation is 4. The van der Waals surface area contributed by atoms with Gasteiger partial charge >= 0.3 is 0 Å². The molecule has 2 aromatic heterocycles. The van der Waals surface area contributed by atoms with Gasteiger partial charge in [0.25, 0.3) is 0 Å². The van der Waals surface area contributed by atoms with Crippen LogP contribution in [0.4, 0.5) is 0 Å². The number of aromatic nitrogens is 3. The molecule has 2 aromatic rings. The Morgan fingerprint density at radius 3 is 2.67 bits per heavy atom. The zero-order valence-electron chi connectivity index (χ0n) is 17.3. The predicted molar refractivity (Wildman–Crippen MR) is 108 cm³/mol. The third-order valence-corrected chi connectivity index (χ3v) is 7.16. The van der Waals surface area contributed by atoms with Crippen molar-refractivity contribution in [3.8, 4) is 0 Å². The van der Waals surface area contributed by atoms with Gasteiger partial charge in [-0.25, -0.2) is 4.98 Å². The normalized spacial score (nSPS) is 25.3. The van der Waals surface area contributed by atoms with Crippen molar-refractivity contribution in [3.63, 3.8) is 0 Å². The lowest BCUT2D eigenvalue weighted by Crippen LogP contribution is -2.40. The van der Waals surface area contributed by atoms with E-state index in [0.717, 1.165) is 40.7 Å². The van der Waals surface area contributed by atoms with Crippen LogP contribution in [0, 0.1) is 38.5 Å². The van der Waals surface area contributed by atoms with E-state index in [1.54, 1.807) is 0 Å². The topological polar surface area (TPSA) is 59.8 Å². The molecule has 1 amide bonds. The number of carbonyl (C=O) groups is 1. The van der Waals surface area contributed by atoms with Crippen molar-refractivity contribution in [1.29, 1.82) is 0 Å². The number of rotatable bonds is 5. The van der Waals surface area contributed by atoms with Gasteiger partial charge in [0, 0.05) is 30.6 Å². The van der Waals surface area contributed by atoms with Gasteiger partial charge in [0.1, 0.15) is 0 Å².